The van der Waals surface area contributed by atoms with Crippen molar-refractivity contribution in [3.63, 3.8) is 0 Å². The number of fused-ring (bicyclic) bond motifs is 1. The van der Waals surface area contributed by atoms with E-state index in [0.29, 0.717) is 6.04 Å². The molecule has 0 fully saturated rings. The van der Waals surface area contributed by atoms with Gasteiger partial charge in [0.1, 0.15) is 0 Å². The molecule has 1 heterocycles. The van der Waals surface area contributed by atoms with Crippen LogP contribution in [0.1, 0.15) is 19.3 Å². The van der Waals surface area contributed by atoms with Gasteiger partial charge in [0.25, 0.3) is 0 Å². The van der Waals surface area contributed by atoms with Crippen molar-refractivity contribution in [2.45, 2.75) is 25.3 Å². The maximum Gasteiger partial charge on any atom is 0.0470 e. The van der Waals surface area contributed by atoms with Crippen molar-refractivity contribution in [1.82, 2.24) is 5.32 Å². The summed E-state index contributed by atoms with van der Waals surface area (Å²) in [6, 6.07) is 0.638. The zero-order valence-electron chi connectivity index (χ0n) is 6.09. The van der Waals surface area contributed by atoms with Crippen LogP contribution in [0, 0.1) is 5.92 Å². The number of hydrogen-bond acceptors (Lipinski definition) is 1. The van der Waals surface area contributed by atoms with Crippen molar-refractivity contribution < 1.29 is 0 Å². The first kappa shape index (κ1) is 6.02. The predicted molar refractivity (Wildman–Crippen MR) is 42.5 cm³/mol. The summed E-state index contributed by atoms with van der Waals surface area (Å²) < 4.78 is 0. The highest BCUT2D eigenvalue weighted by Crippen LogP contribution is 2.24. The maximum absolute atomic E-state index is 3.35. The average Bonchev–Trinajstić information content (AvgIpc) is 2.05. The number of allylic oxidation sites excluding steroid dienone is 2. The second-order valence-electron chi connectivity index (χ2n) is 3.10. The summed E-state index contributed by atoms with van der Waals surface area (Å²) in [7, 11) is 0. The lowest BCUT2D eigenvalue weighted by Gasteiger charge is -2.29. The molecule has 2 unspecified atom stereocenters. The van der Waals surface area contributed by atoms with Gasteiger partial charge in [-0.3, -0.25) is 0 Å². The average molecular weight is 135 g/mol. The fraction of sp³-hybridized carbons (Fsp3) is 0.556. The van der Waals surface area contributed by atoms with Crippen molar-refractivity contribution in [2.75, 3.05) is 0 Å². The molecule has 0 radical (unpaired) electrons. The summed E-state index contributed by atoms with van der Waals surface area (Å²) in [5.41, 5.74) is 0. The molecule has 0 aromatic carbocycles. The van der Waals surface area contributed by atoms with Crippen LogP contribution in [0.4, 0.5) is 0 Å². The van der Waals surface area contributed by atoms with Gasteiger partial charge in [-0.15, -0.1) is 0 Å². The number of hydrogen-bond donors (Lipinski definition) is 1. The fourth-order valence-corrected chi connectivity index (χ4v) is 1.77. The van der Waals surface area contributed by atoms with Gasteiger partial charge in [-0.25, -0.2) is 0 Å². The molecule has 1 heteroatoms. The topological polar surface area (TPSA) is 12.0 Å². The SMILES string of the molecule is C1=CC2NC=CCC2CC1. The Bertz CT molecular complexity index is 170. The van der Waals surface area contributed by atoms with E-state index in [0.717, 1.165) is 5.92 Å². The molecule has 0 spiro atoms. The lowest BCUT2D eigenvalue weighted by molar-refractivity contribution is 0.384. The van der Waals surface area contributed by atoms with Crippen LogP contribution in [0.5, 0.6) is 0 Å². The van der Waals surface area contributed by atoms with E-state index < -0.39 is 0 Å². The van der Waals surface area contributed by atoms with Crippen molar-refractivity contribution in [2.24, 2.45) is 5.92 Å². The Morgan fingerprint density at radius 1 is 1.30 bits per heavy atom. The lowest BCUT2D eigenvalue weighted by atomic mass is 9.85. The molecular formula is C9H13N. The predicted octanol–water partition coefficient (Wildman–Crippen LogP) is 1.83. The minimum Gasteiger partial charge on any atom is -0.385 e. The zero-order valence-corrected chi connectivity index (χ0v) is 6.09. The Hall–Kier alpha value is -0.720. The van der Waals surface area contributed by atoms with Crippen LogP contribution in [0.15, 0.2) is 24.4 Å². The number of nitrogens with one attached hydrogen (secondary N) is 1. The zero-order chi connectivity index (χ0) is 6.81. The Labute approximate surface area is 61.8 Å². The second kappa shape index (κ2) is 2.49. The first-order chi connectivity index (χ1) is 4.97. The lowest BCUT2D eigenvalue weighted by Crippen LogP contribution is -2.34. The third kappa shape index (κ3) is 0.962. The van der Waals surface area contributed by atoms with Gasteiger partial charge < -0.3 is 5.32 Å². The Kier molecular flexibility index (Phi) is 1.50. The summed E-state index contributed by atoms with van der Waals surface area (Å²) in [6.07, 6.45) is 12.8. The second-order valence-corrected chi connectivity index (χ2v) is 3.10. The molecule has 54 valence electrons. The van der Waals surface area contributed by atoms with E-state index in [4.69, 9.17) is 0 Å². The molecule has 0 saturated heterocycles. The standard InChI is InChI=1S/C9H13N/c1-2-6-9-8(4-1)5-3-7-10-9/h2-3,6-10H,1,4-5H2. The normalized spacial score (nSPS) is 36.8. The summed E-state index contributed by atoms with van der Waals surface area (Å²) in [5, 5.41) is 3.35. The molecule has 2 rings (SSSR count). The third-order valence-electron chi connectivity index (χ3n) is 2.40. The quantitative estimate of drug-likeness (QED) is 0.500. The van der Waals surface area contributed by atoms with E-state index in [-0.39, 0.29) is 0 Å². The molecular weight excluding hydrogens is 122 g/mol. The molecule has 1 N–H and O–H groups in total. The molecule has 0 aromatic rings. The maximum atomic E-state index is 3.35. The van der Waals surface area contributed by atoms with Gasteiger partial charge >= 0.3 is 0 Å². The molecule has 1 aliphatic carbocycles. The monoisotopic (exact) mass is 135 g/mol. The highest BCUT2D eigenvalue weighted by molar-refractivity contribution is 5.08. The van der Waals surface area contributed by atoms with Gasteiger partial charge in [0.15, 0.2) is 0 Å². The largest absolute Gasteiger partial charge is 0.385 e. The van der Waals surface area contributed by atoms with Crippen LogP contribution in [-0.2, 0) is 0 Å². The smallest absolute Gasteiger partial charge is 0.0470 e. The Balaban J connectivity index is 2.12. The molecule has 0 saturated carbocycles. The van der Waals surface area contributed by atoms with Crippen molar-refractivity contribution in [3.05, 3.63) is 24.4 Å². The van der Waals surface area contributed by atoms with Crippen LogP contribution in [-0.4, -0.2) is 6.04 Å². The van der Waals surface area contributed by atoms with Gasteiger partial charge in [0.05, 0.1) is 0 Å². The molecule has 0 bridgehead atoms. The summed E-state index contributed by atoms with van der Waals surface area (Å²) in [5.74, 6) is 0.870. The van der Waals surface area contributed by atoms with Gasteiger partial charge in [0, 0.05) is 6.04 Å². The van der Waals surface area contributed by atoms with Crippen LogP contribution < -0.4 is 5.32 Å². The van der Waals surface area contributed by atoms with Crippen molar-refractivity contribution >= 4 is 0 Å². The van der Waals surface area contributed by atoms with Crippen LogP contribution in [0.3, 0.4) is 0 Å². The molecule has 1 aliphatic heterocycles. The first-order valence-electron chi connectivity index (χ1n) is 4.04. The Morgan fingerprint density at radius 2 is 2.30 bits per heavy atom. The Morgan fingerprint density at radius 3 is 3.20 bits per heavy atom. The third-order valence-corrected chi connectivity index (χ3v) is 2.40. The van der Waals surface area contributed by atoms with E-state index in [1.54, 1.807) is 0 Å². The molecule has 0 aromatic heterocycles. The minimum atomic E-state index is 0.638. The van der Waals surface area contributed by atoms with E-state index in [1.165, 1.54) is 19.3 Å². The highest BCUT2D eigenvalue weighted by Gasteiger charge is 2.20. The molecule has 10 heavy (non-hydrogen) atoms. The summed E-state index contributed by atoms with van der Waals surface area (Å²) in [6.45, 7) is 0. The van der Waals surface area contributed by atoms with E-state index in [9.17, 15) is 0 Å². The van der Waals surface area contributed by atoms with Crippen LogP contribution in [0.2, 0.25) is 0 Å². The van der Waals surface area contributed by atoms with Crippen molar-refractivity contribution in [1.29, 1.82) is 0 Å². The van der Waals surface area contributed by atoms with Crippen LogP contribution >= 0.6 is 0 Å². The number of rotatable bonds is 0. The van der Waals surface area contributed by atoms with Crippen molar-refractivity contribution in [3.8, 4) is 0 Å². The van der Waals surface area contributed by atoms with Crippen LogP contribution in [0.25, 0.3) is 0 Å². The van der Waals surface area contributed by atoms with E-state index in [2.05, 4.69) is 29.7 Å². The first-order valence-corrected chi connectivity index (χ1v) is 4.04. The summed E-state index contributed by atoms with van der Waals surface area (Å²) in [4.78, 5) is 0. The summed E-state index contributed by atoms with van der Waals surface area (Å²) >= 11 is 0. The minimum absolute atomic E-state index is 0.638. The molecule has 0 amide bonds. The molecule has 1 nitrogen and oxygen atoms in total. The molecule has 2 aliphatic rings. The van der Waals surface area contributed by atoms with E-state index in [1.807, 2.05) is 0 Å². The van der Waals surface area contributed by atoms with E-state index >= 15 is 0 Å². The van der Waals surface area contributed by atoms with Gasteiger partial charge in [-0.2, -0.15) is 0 Å². The fourth-order valence-electron chi connectivity index (χ4n) is 1.77. The van der Waals surface area contributed by atoms with Gasteiger partial charge in [-0.1, -0.05) is 18.2 Å². The highest BCUT2D eigenvalue weighted by atomic mass is 14.9. The molecule has 2 atom stereocenters. The van der Waals surface area contributed by atoms with Gasteiger partial charge in [0.2, 0.25) is 0 Å². The van der Waals surface area contributed by atoms with Gasteiger partial charge in [-0.05, 0) is 31.4 Å².